The van der Waals surface area contributed by atoms with Crippen LogP contribution in [0.4, 0.5) is 0 Å². The number of rotatable bonds is 0. The van der Waals surface area contributed by atoms with Gasteiger partial charge < -0.3 is 9.80 Å². The van der Waals surface area contributed by atoms with Gasteiger partial charge in [-0.15, -0.1) is 0 Å². The fourth-order valence-corrected chi connectivity index (χ4v) is 3.34. The zero-order valence-corrected chi connectivity index (χ0v) is 27.5. The van der Waals surface area contributed by atoms with E-state index in [4.69, 9.17) is 0 Å². The molecule has 0 rings (SSSR count). The van der Waals surface area contributed by atoms with E-state index in [1.807, 2.05) is 172 Å². The van der Waals surface area contributed by atoms with Gasteiger partial charge in [-0.3, -0.25) is 49.4 Å². The summed E-state index contributed by atoms with van der Waals surface area (Å²) in [6.07, 6.45) is 0. The molecule has 3 N–H and O–H groups in total. The van der Waals surface area contributed by atoms with Gasteiger partial charge in [0.25, 0.3) is 0 Å². The lowest BCUT2D eigenvalue weighted by molar-refractivity contribution is -0.472. The van der Waals surface area contributed by atoms with Crippen LogP contribution in [-0.2, 0) is 0 Å². The molecule has 0 aromatic heterocycles. The molecule has 0 amide bonds. The monoisotopic (exact) mass is 520 g/mol. The highest BCUT2D eigenvalue weighted by molar-refractivity contribution is 5.78. The van der Waals surface area contributed by atoms with E-state index in [-0.39, 0.29) is 0 Å². The van der Waals surface area contributed by atoms with Gasteiger partial charge in [-0.2, -0.15) is 0 Å². The molecule has 0 heterocycles. The van der Waals surface area contributed by atoms with Crippen molar-refractivity contribution in [2.45, 2.75) is 0 Å². The standard InChI is InChI=1S/4C6H15N3/c4*1-7-6(8(2)3)9(4)5/h4*1-5H3/p+3. The van der Waals surface area contributed by atoms with Gasteiger partial charge in [-0.05, 0) is 0 Å². The summed E-state index contributed by atoms with van der Waals surface area (Å²) < 4.78 is 6.08. The van der Waals surface area contributed by atoms with E-state index < -0.39 is 0 Å². The second kappa shape index (κ2) is 22.5. The van der Waals surface area contributed by atoms with Crippen molar-refractivity contribution in [1.29, 1.82) is 0 Å². The van der Waals surface area contributed by atoms with E-state index in [0.717, 1.165) is 23.8 Å². The molecule has 0 spiro atoms. The molecule has 0 fully saturated rings. The van der Waals surface area contributed by atoms with Gasteiger partial charge in [0.2, 0.25) is 0 Å². The van der Waals surface area contributed by atoms with E-state index in [1.165, 1.54) is 0 Å². The lowest BCUT2D eigenvalue weighted by Crippen LogP contribution is -2.39. The fraction of sp³-hybridized carbons (Fsp3) is 0.833. The molecule has 0 atom stereocenters. The molecular weight excluding hydrogens is 456 g/mol. The number of aliphatic imine (C=N–C) groups is 1. The summed E-state index contributed by atoms with van der Waals surface area (Å²) in [5.41, 5.74) is 0. The van der Waals surface area contributed by atoms with Gasteiger partial charge in [-0.1, -0.05) is 0 Å². The van der Waals surface area contributed by atoms with Crippen LogP contribution in [0.15, 0.2) is 4.99 Å². The maximum Gasteiger partial charge on any atom is 0.347 e. The quantitative estimate of drug-likeness (QED) is 0.198. The van der Waals surface area contributed by atoms with Gasteiger partial charge in [0.1, 0.15) is 0 Å². The molecular formula is C24H63N12+3. The van der Waals surface area contributed by atoms with Crippen molar-refractivity contribution >= 4 is 23.8 Å². The predicted octanol–water partition coefficient (Wildman–Crippen LogP) is -1.72. The Morgan fingerprint density at radius 1 is 0.444 bits per heavy atom. The van der Waals surface area contributed by atoms with Crippen molar-refractivity contribution in [3.63, 3.8) is 0 Å². The largest absolute Gasteiger partial charge is 0.349 e. The highest BCUT2D eigenvalue weighted by Gasteiger charge is 2.06. The Balaban J connectivity index is -0.000000190. The Kier molecular flexibility index (Phi) is 25.2. The molecule has 36 heavy (non-hydrogen) atoms. The third kappa shape index (κ3) is 20.5. The van der Waals surface area contributed by atoms with Crippen molar-refractivity contribution in [2.24, 2.45) is 4.99 Å². The van der Waals surface area contributed by atoms with Crippen LogP contribution >= 0.6 is 0 Å². The minimum Gasteiger partial charge on any atom is -0.349 e. The number of hydrogen-bond donors (Lipinski definition) is 3. The van der Waals surface area contributed by atoms with Gasteiger partial charge >= 0.3 is 17.9 Å². The minimum atomic E-state index is 0.981. The van der Waals surface area contributed by atoms with Crippen LogP contribution in [0, 0.1) is 0 Å². The average molecular weight is 520 g/mol. The van der Waals surface area contributed by atoms with Crippen LogP contribution in [0.5, 0.6) is 0 Å². The minimum absolute atomic E-state index is 0.981. The summed E-state index contributed by atoms with van der Waals surface area (Å²) >= 11 is 0. The maximum atomic E-state index is 4.06. The first-order valence-corrected chi connectivity index (χ1v) is 11.9. The molecule has 0 bridgehead atoms. The summed E-state index contributed by atoms with van der Waals surface area (Å²) in [5.74, 6) is 4.30. The Hall–Kier alpha value is -2.92. The normalized spacial score (nSPS) is 8.56. The third-order valence-corrected chi connectivity index (χ3v) is 4.21. The van der Waals surface area contributed by atoms with Crippen molar-refractivity contribution < 1.29 is 13.7 Å². The average Bonchev–Trinajstić information content (AvgIpc) is 2.69. The van der Waals surface area contributed by atoms with Crippen molar-refractivity contribution in [1.82, 2.24) is 40.4 Å². The second-order valence-corrected chi connectivity index (χ2v) is 9.40. The molecule has 0 aliphatic rings. The summed E-state index contributed by atoms with van der Waals surface area (Å²) in [6.45, 7) is 0. The molecule has 0 saturated heterocycles. The van der Waals surface area contributed by atoms with Crippen LogP contribution < -0.4 is 16.0 Å². The van der Waals surface area contributed by atoms with Crippen molar-refractivity contribution in [2.75, 3.05) is 141 Å². The lowest BCUT2D eigenvalue weighted by atomic mass is 10.7. The molecule has 0 aliphatic heterocycles. The van der Waals surface area contributed by atoms with Crippen LogP contribution in [-0.4, -0.2) is 203 Å². The van der Waals surface area contributed by atoms with E-state index in [9.17, 15) is 0 Å². The first kappa shape index (κ1) is 40.3. The van der Waals surface area contributed by atoms with Crippen molar-refractivity contribution in [3.05, 3.63) is 0 Å². The summed E-state index contributed by atoms with van der Waals surface area (Å²) in [6, 6.07) is 0. The first-order valence-electron chi connectivity index (χ1n) is 11.9. The molecule has 0 unspecified atom stereocenters. The van der Waals surface area contributed by atoms with E-state index in [2.05, 4.69) is 20.9 Å². The highest BCUT2D eigenvalue weighted by Crippen LogP contribution is 1.85. The van der Waals surface area contributed by atoms with E-state index in [0.29, 0.717) is 0 Å². The highest BCUT2D eigenvalue weighted by atomic mass is 15.3. The summed E-state index contributed by atoms with van der Waals surface area (Å²) in [5, 5.41) is 9.21. The first-order chi connectivity index (χ1) is 16.4. The smallest absolute Gasteiger partial charge is 0.347 e. The number of guanidine groups is 4. The number of nitrogens with one attached hydrogen (secondary N) is 3. The molecule has 0 aromatic carbocycles. The predicted molar refractivity (Wildman–Crippen MR) is 160 cm³/mol. The van der Waals surface area contributed by atoms with Gasteiger partial charge in [0.05, 0.1) is 106 Å². The van der Waals surface area contributed by atoms with Crippen molar-refractivity contribution in [3.8, 4) is 0 Å². The van der Waals surface area contributed by atoms with E-state index in [1.54, 1.807) is 7.05 Å². The Morgan fingerprint density at radius 2 is 0.639 bits per heavy atom. The van der Waals surface area contributed by atoms with Gasteiger partial charge in [0, 0.05) is 35.2 Å². The molecule has 0 aromatic rings. The van der Waals surface area contributed by atoms with Crippen LogP contribution in [0.1, 0.15) is 0 Å². The molecule has 0 saturated carbocycles. The SMILES string of the molecule is CN=C(N(C)C)N(C)C.CNC(N(C)C)=[N+](C)C.CNC(N(C)C)=[N+](C)C.CNC(N(C)C)=[N+](C)C. The third-order valence-electron chi connectivity index (χ3n) is 4.21. The summed E-state index contributed by atoms with van der Waals surface area (Å²) in [4.78, 5) is 14.1. The fourth-order valence-electron chi connectivity index (χ4n) is 3.34. The Labute approximate surface area is 224 Å². The van der Waals surface area contributed by atoms with Crippen LogP contribution in [0.2, 0.25) is 0 Å². The van der Waals surface area contributed by atoms with Gasteiger partial charge in [0.15, 0.2) is 5.96 Å². The van der Waals surface area contributed by atoms with E-state index >= 15 is 0 Å². The Bertz CT molecular complexity index is 594. The lowest BCUT2D eigenvalue weighted by Gasteiger charge is -2.21. The molecule has 0 radical (unpaired) electrons. The van der Waals surface area contributed by atoms with Crippen LogP contribution in [0.3, 0.4) is 0 Å². The zero-order valence-electron chi connectivity index (χ0n) is 27.5. The topological polar surface area (TPSA) is 73.7 Å². The molecule has 216 valence electrons. The maximum absolute atomic E-state index is 4.06. The molecule has 12 heteroatoms. The van der Waals surface area contributed by atoms with Crippen LogP contribution in [0.25, 0.3) is 0 Å². The van der Waals surface area contributed by atoms with Gasteiger partial charge in [-0.25, -0.2) is 0 Å². The second-order valence-electron chi connectivity index (χ2n) is 9.40. The number of nitrogens with zero attached hydrogens (tertiary/aromatic N) is 9. The molecule has 0 aliphatic carbocycles. The molecule has 12 nitrogen and oxygen atoms in total. The Morgan fingerprint density at radius 3 is 0.639 bits per heavy atom. The number of hydrogen-bond acceptors (Lipinski definition) is 1. The zero-order chi connectivity index (χ0) is 29.8. The summed E-state index contributed by atoms with van der Waals surface area (Å²) in [7, 11) is 39.5.